The van der Waals surface area contributed by atoms with Gasteiger partial charge in [0.25, 0.3) is 0 Å². The Morgan fingerprint density at radius 2 is 1.46 bits per heavy atom. The fourth-order valence-electron chi connectivity index (χ4n) is 6.99. The molecule has 2 saturated heterocycles. The van der Waals surface area contributed by atoms with Gasteiger partial charge in [-0.15, -0.1) is 13.2 Å². The molecule has 1 aromatic heterocycles. The van der Waals surface area contributed by atoms with Crippen LogP contribution in [0, 0.1) is 0 Å². The number of hydrogen-bond donors (Lipinski definition) is 3. The Hall–Kier alpha value is -4.32. The maximum Gasteiger partial charge on any atom is 0.573 e. The van der Waals surface area contributed by atoms with Crippen LogP contribution in [0.1, 0.15) is 28.7 Å². The van der Waals surface area contributed by atoms with E-state index in [0.717, 1.165) is 34.6 Å². The highest BCUT2D eigenvalue weighted by atomic mass is 19.4. The summed E-state index contributed by atoms with van der Waals surface area (Å²) in [6.45, 7) is 4.28. The molecular formula is C37H39F9N6O2. The van der Waals surface area contributed by atoms with E-state index in [1.54, 1.807) is 17.0 Å². The smallest absolute Gasteiger partial charge is 0.406 e. The van der Waals surface area contributed by atoms with Crippen molar-refractivity contribution in [2.75, 3.05) is 52.4 Å². The summed E-state index contributed by atoms with van der Waals surface area (Å²) >= 11 is 0. The molecule has 292 valence electrons. The van der Waals surface area contributed by atoms with Crippen LogP contribution in [-0.2, 0) is 36.8 Å². The number of piperazine rings is 2. The molecule has 0 spiro atoms. The number of rotatable bonds is 11. The van der Waals surface area contributed by atoms with Crippen LogP contribution < -0.4 is 20.7 Å². The van der Waals surface area contributed by atoms with Crippen molar-refractivity contribution in [1.29, 1.82) is 0 Å². The number of carbonyl (C=O) groups excluding carboxylic acids is 1. The van der Waals surface area contributed by atoms with Gasteiger partial charge in [-0.1, -0.05) is 24.3 Å². The number of benzene rings is 3. The molecule has 54 heavy (non-hydrogen) atoms. The molecule has 4 aromatic rings. The van der Waals surface area contributed by atoms with Gasteiger partial charge >= 0.3 is 18.7 Å². The first-order valence-corrected chi connectivity index (χ1v) is 17.5. The number of hydrogen-bond acceptors (Lipinski definition) is 6. The maximum absolute atomic E-state index is 13.7. The van der Waals surface area contributed by atoms with Crippen LogP contribution in [0.4, 0.5) is 39.5 Å². The van der Waals surface area contributed by atoms with Crippen molar-refractivity contribution >= 4 is 16.8 Å². The van der Waals surface area contributed by atoms with Crippen molar-refractivity contribution in [1.82, 2.24) is 30.3 Å². The average molecular weight is 771 g/mol. The van der Waals surface area contributed by atoms with Gasteiger partial charge in [0.05, 0.1) is 17.2 Å². The minimum absolute atomic E-state index is 0.0934. The lowest BCUT2D eigenvalue weighted by Gasteiger charge is -2.35. The molecule has 1 unspecified atom stereocenters. The molecule has 0 radical (unpaired) electrons. The van der Waals surface area contributed by atoms with Gasteiger partial charge in [0, 0.05) is 94.7 Å². The Labute approximate surface area is 305 Å². The van der Waals surface area contributed by atoms with E-state index in [9.17, 15) is 44.3 Å². The SMILES string of the molecule is O=C(NCCCn1cc(-c2ccc(OC(F)(F)F)cc2)c2cc(CN3CCN(Cc4c(C(F)(F)F)cccc4C(F)(F)F)CC3)ccc21)C1CNCCN1. The topological polar surface area (TPSA) is 73.8 Å². The third-order valence-electron chi connectivity index (χ3n) is 9.62. The number of halogens is 9. The number of aromatic nitrogens is 1. The summed E-state index contributed by atoms with van der Waals surface area (Å²) < 4.78 is 127. The summed E-state index contributed by atoms with van der Waals surface area (Å²) in [5, 5.41) is 10.1. The summed E-state index contributed by atoms with van der Waals surface area (Å²) in [7, 11) is 0. The zero-order valence-corrected chi connectivity index (χ0v) is 29.0. The van der Waals surface area contributed by atoms with Crippen molar-refractivity contribution in [2.24, 2.45) is 0 Å². The number of nitrogens with one attached hydrogen (secondary N) is 3. The van der Waals surface area contributed by atoms with Crippen molar-refractivity contribution in [3.8, 4) is 16.9 Å². The van der Waals surface area contributed by atoms with Crippen molar-refractivity contribution in [3.63, 3.8) is 0 Å². The average Bonchev–Trinajstić information content (AvgIpc) is 3.47. The zero-order valence-electron chi connectivity index (χ0n) is 29.0. The fourth-order valence-corrected chi connectivity index (χ4v) is 6.99. The molecule has 0 aliphatic carbocycles. The van der Waals surface area contributed by atoms with Crippen molar-refractivity contribution < 1.29 is 49.0 Å². The van der Waals surface area contributed by atoms with Crippen LogP contribution in [0.5, 0.6) is 5.75 Å². The van der Waals surface area contributed by atoms with E-state index < -0.39 is 42.0 Å². The van der Waals surface area contributed by atoms with Gasteiger partial charge in [-0.25, -0.2) is 0 Å². The van der Waals surface area contributed by atoms with E-state index in [1.807, 2.05) is 29.0 Å². The molecule has 1 amide bonds. The van der Waals surface area contributed by atoms with Crippen molar-refractivity contribution in [3.05, 3.63) is 89.1 Å². The van der Waals surface area contributed by atoms with Crippen LogP contribution in [0.3, 0.4) is 0 Å². The van der Waals surface area contributed by atoms with E-state index in [-0.39, 0.29) is 30.8 Å². The van der Waals surface area contributed by atoms with E-state index in [1.165, 1.54) is 12.1 Å². The third kappa shape index (κ3) is 9.85. The summed E-state index contributed by atoms with van der Waals surface area (Å²) in [6, 6.07) is 13.2. The third-order valence-corrected chi connectivity index (χ3v) is 9.62. The van der Waals surface area contributed by atoms with Crippen LogP contribution in [-0.4, -0.2) is 85.0 Å². The highest BCUT2D eigenvalue weighted by molar-refractivity contribution is 5.96. The molecule has 6 rings (SSSR count). The van der Waals surface area contributed by atoms with E-state index in [2.05, 4.69) is 25.6 Å². The van der Waals surface area contributed by atoms with Gasteiger partial charge in [-0.2, -0.15) is 26.3 Å². The van der Waals surface area contributed by atoms with Crippen LogP contribution in [0.25, 0.3) is 22.0 Å². The van der Waals surface area contributed by atoms with Gasteiger partial charge < -0.3 is 25.3 Å². The number of carbonyl (C=O) groups is 1. The lowest BCUT2D eigenvalue weighted by atomic mass is 9.99. The van der Waals surface area contributed by atoms with Gasteiger partial charge in [0.1, 0.15) is 5.75 Å². The first kappa shape index (κ1) is 39.4. The summed E-state index contributed by atoms with van der Waals surface area (Å²) in [4.78, 5) is 16.2. The summed E-state index contributed by atoms with van der Waals surface area (Å²) in [6.07, 6.45) is -12.2. The first-order chi connectivity index (χ1) is 25.5. The number of nitrogens with zero attached hydrogens (tertiary/aromatic N) is 3. The molecule has 2 aliphatic heterocycles. The highest BCUT2D eigenvalue weighted by Crippen LogP contribution is 2.40. The van der Waals surface area contributed by atoms with E-state index >= 15 is 0 Å². The number of fused-ring (bicyclic) bond motifs is 1. The second-order valence-corrected chi connectivity index (χ2v) is 13.4. The van der Waals surface area contributed by atoms with Crippen LogP contribution >= 0.6 is 0 Å². The molecule has 3 N–H and O–H groups in total. The molecule has 17 heteroatoms. The van der Waals surface area contributed by atoms with E-state index in [4.69, 9.17) is 0 Å². The molecule has 1 atom stereocenters. The summed E-state index contributed by atoms with van der Waals surface area (Å²) in [5.74, 6) is -0.450. The Morgan fingerprint density at radius 1 is 0.815 bits per heavy atom. The standard InChI is InChI=1S/C37H39F9N6O2/c38-35(39,40)30-3-1-4-31(36(41,42)43)29(30)22-51-17-15-50(16-18-51)21-24-5-10-33-27(19-24)28(25-6-8-26(9-7-25)54-37(44,45)46)23-52(33)14-2-11-49-34(53)32-20-47-12-13-48-32/h1,3-10,19,23,32,47-48H,2,11-18,20-22H2,(H,49,53). The lowest BCUT2D eigenvalue weighted by molar-refractivity contribution is -0.274. The number of alkyl halides is 9. The number of aryl methyl sites for hydroxylation is 1. The molecule has 3 aromatic carbocycles. The summed E-state index contributed by atoms with van der Waals surface area (Å²) in [5.41, 5.74) is -0.194. The molecule has 2 aliphatic rings. The monoisotopic (exact) mass is 770 g/mol. The van der Waals surface area contributed by atoms with Gasteiger partial charge in [0.2, 0.25) is 5.91 Å². The number of ether oxygens (including phenoxy) is 1. The van der Waals surface area contributed by atoms with Gasteiger partial charge in [0.15, 0.2) is 0 Å². The molecule has 8 nitrogen and oxygen atoms in total. The normalized spacial score (nSPS) is 17.9. The minimum atomic E-state index is -4.94. The Morgan fingerprint density at radius 3 is 2.06 bits per heavy atom. The maximum atomic E-state index is 13.7. The second kappa shape index (κ2) is 16.2. The van der Waals surface area contributed by atoms with Crippen LogP contribution in [0.15, 0.2) is 66.9 Å². The van der Waals surface area contributed by atoms with Crippen molar-refractivity contribution in [2.45, 2.75) is 50.8 Å². The first-order valence-electron chi connectivity index (χ1n) is 17.5. The predicted molar refractivity (Wildman–Crippen MR) is 183 cm³/mol. The Balaban J connectivity index is 1.16. The lowest BCUT2D eigenvalue weighted by Crippen LogP contribution is -2.55. The minimum Gasteiger partial charge on any atom is -0.406 e. The van der Waals surface area contributed by atoms with Gasteiger partial charge in [-0.3, -0.25) is 14.6 Å². The largest absolute Gasteiger partial charge is 0.573 e. The fraction of sp³-hybridized carbons (Fsp3) is 0.432. The molecule has 0 bridgehead atoms. The molecular weight excluding hydrogens is 731 g/mol. The number of amides is 1. The van der Waals surface area contributed by atoms with Gasteiger partial charge in [-0.05, 0) is 59.5 Å². The van der Waals surface area contributed by atoms with Crippen LogP contribution in [0.2, 0.25) is 0 Å². The highest BCUT2D eigenvalue weighted by Gasteiger charge is 2.41. The Kier molecular flexibility index (Phi) is 11.8. The molecule has 2 fully saturated rings. The van der Waals surface area contributed by atoms with E-state index in [0.29, 0.717) is 69.9 Å². The molecule has 0 saturated carbocycles. The quantitative estimate of drug-likeness (QED) is 0.118. The second-order valence-electron chi connectivity index (χ2n) is 13.4. The zero-order chi connectivity index (χ0) is 38.7. The Bertz CT molecular complexity index is 1860. The predicted octanol–water partition coefficient (Wildman–Crippen LogP) is 6.63. The molecule has 3 heterocycles.